The zero-order valence-corrected chi connectivity index (χ0v) is 11.5. The fourth-order valence-electron chi connectivity index (χ4n) is 2.97. The van der Waals surface area contributed by atoms with Crippen LogP contribution in [0, 0.1) is 0 Å². The summed E-state index contributed by atoms with van der Waals surface area (Å²) in [4.78, 5) is 11.2. The number of rotatable bonds is 4. The number of hydrogen-bond acceptors (Lipinski definition) is 3. The molecule has 2 aromatic rings. The molecule has 0 spiro atoms. The van der Waals surface area contributed by atoms with Crippen molar-refractivity contribution in [1.29, 1.82) is 0 Å². The molecule has 3 rings (SSSR count). The van der Waals surface area contributed by atoms with Gasteiger partial charge in [0, 0.05) is 18.0 Å². The van der Waals surface area contributed by atoms with Gasteiger partial charge in [-0.3, -0.25) is 4.79 Å². The van der Waals surface area contributed by atoms with Crippen LogP contribution in [0.3, 0.4) is 0 Å². The molecule has 0 unspecified atom stereocenters. The van der Waals surface area contributed by atoms with Crippen LogP contribution in [0.4, 0.5) is 0 Å². The summed E-state index contributed by atoms with van der Waals surface area (Å²) in [6, 6.07) is 12.6. The summed E-state index contributed by atoms with van der Waals surface area (Å²) in [7, 11) is 0. The van der Waals surface area contributed by atoms with Crippen molar-refractivity contribution in [3.05, 3.63) is 58.1 Å². The highest BCUT2D eigenvalue weighted by Crippen LogP contribution is 2.28. The second kappa shape index (κ2) is 6.09. The summed E-state index contributed by atoms with van der Waals surface area (Å²) < 4.78 is 5.25. The molecule has 1 aliphatic rings. The Morgan fingerprint density at radius 3 is 2.85 bits per heavy atom. The maximum Gasteiger partial charge on any atom is 0.280 e. The Hall–Kier alpha value is -1.81. The molecule has 0 aliphatic carbocycles. The van der Waals surface area contributed by atoms with Crippen LogP contribution in [0.1, 0.15) is 36.5 Å². The van der Waals surface area contributed by atoms with Crippen molar-refractivity contribution >= 4 is 0 Å². The summed E-state index contributed by atoms with van der Waals surface area (Å²) in [6.45, 7) is 0.985. The average molecular weight is 272 g/mol. The molecule has 1 aromatic carbocycles. The zero-order valence-electron chi connectivity index (χ0n) is 11.5. The molecule has 1 saturated heterocycles. The van der Waals surface area contributed by atoms with Gasteiger partial charge in [-0.1, -0.05) is 30.3 Å². The number of aromatic amines is 1. The number of hydrogen-bond donors (Lipinski definition) is 2. The average Bonchev–Trinajstić information content (AvgIpc) is 2.93. The fraction of sp³-hybridized carbons (Fsp3) is 0.438. The lowest BCUT2D eigenvalue weighted by Gasteiger charge is -2.29. The highest BCUT2D eigenvalue weighted by atomic mass is 16.5. The first-order valence-corrected chi connectivity index (χ1v) is 7.27. The van der Waals surface area contributed by atoms with Crippen LogP contribution >= 0.6 is 0 Å². The lowest BCUT2D eigenvalue weighted by Crippen LogP contribution is -2.37. The van der Waals surface area contributed by atoms with Gasteiger partial charge in [-0.25, -0.2) is 0 Å². The van der Waals surface area contributed by atoms with Crippen molar-refractivity contribution in [2.45, 2.75) is 37.6 Å². The monoisotopic (exact) mass is 272 g/mol. The predicted molar refractivity (Wildman–Crippen MR) is 77.9 cm³/mol. The van der Waals surface area contributed by atoms with E-state index < -0.39 is 0 Å². The van der Waals surface area contributed by atoms with Crippen molar-refractivity contribution in [2.75, 3.05) is 6.54 Å². The Morgan fingerprint density at radius 1 is 1.25 bits per heavy atom. The van der Waals surface area contributed by atoms with Gasteiger partial charge in [-0.2, -0.15) is 5.16 Å². The number of piperidine rings is 1. The second-order valence-corrected chi connectivity index (χ2v) is 5.51. The van der Waals surface area contributed by atoms with E-state index >= 15 is 0 Å². The molecule has 2 N–H and O–H groups in total. The lowest BCUT2D eigenvalue weighted by atomic mass is 9.88. The molecule has 0 bridgehead atoms. The van der Waals surface area contributed by atoms with Crippen molar-refractivity contribution in [3.63, 3.8) is 0 Å². The summed E-state index contributed by atoms with van der Waals surface area (Å²) in [5, 5.41) is 5.95. The molecule has 2 atom stereocenters. The molecule has 1 fully saturated rings. The van der Waals surface area contributed by atoms with Gasteiger partial charge in [0.15, 0.2) is 0 Å². The first-order chi connectivity index (χ1) is 9.81. The van der Waals surface area contributed by atoms with Crippen LogP contribution in [0.5, 0.6) is 0 Å². The summed E-state index contributed by atoms with van der Waals surface area (Å²) in [5.74, 6) is 1.16. The Bertz CT molecular complexity index is 588. The van der Waals surface area contributed by atoms with Crippen LogP contribution < -0.4 is 10.9 Å². The standard InChI is InChI=1S/C16H20N2O2/c19-16-11-15(20-18-16)13-8-9-17-14(10-13)7-6-12-4-2-1-3-5-12/h1-5,11,13-14,17H,6-10H2,(H,18,19)/t13-,14-/m1/s1. The molecule has 4 heteroatoms. The van der Waals surface area contributed by atoms with E-state index in [2.05, 4.69) is 34.7 Å². The first-order valence-electron chi connectivity index (χ1n) is 7.27. The van der Waals surface area contributed by atoms with Crippen LogP contribution in [-0.2, 0) is 6.42 Å². The topological polar surface area (TPSA) is 58.0 Å². The molecule has 106 valence electrons. The van der Waals surface area contributed by atoms with Crippen LogP contribution in [0.25, 0.3) is 0 Å². The molecule has 4 nitrogen and oxygen atoms in total. The third-order valence-corrected chi connectivity index (χ3v) is 4.06. The van der Waals surface area contributed by atoms with E-state index in [9.17, 15) is 4.79 Å². The number of aryl methyl sites for hydroxylation is 1. The Balaban J connectivity index is 1.57. The molecule has 0 amide bonds. The van der Waals surface area contributed by atoms with Crippen LogP contribution in [0.2, 0.25) is 0 Å². The van der Waals surface area contributed by atoms with E-state index in [4.69, 9.17) is 4.52 Å². The quantitative estimate of drug-likeness (QED) is 0.898. The van der Waals surface area contributed by atoms with Gasteiger partial charge in [-0.05, 0) is 37.8 Å². The van der Waals surface area contributed by atoms with E-state index in [1.165, 1.54) is 5.56 Å². The van der Waals surface area contributed by atoms with E-state index in [0.717, 1.165) is 38.0 Å². The normalized spacial score (nSPS) is 22.8. The number of benzene rings is 1. The van der Waals surface area contributed by atoms with E-state index in [1.807, 2.05) is 6.07 Å². The highest BCUT2D eigenvalue weighted by molar-refractivity contribution is 5.15. The van der Waals surface area contributed by atoms with Gasteiger partial charge in [0.25, 0.3) is 5.56 Å². The zero-order chi connectivity index (χ0) is 13.8. The lowest BCUT2D eigenvalue weighted by molar-refractivity contribution is 0.287. The molecular formula is C16H20N2O2. The van der Waals surface area contributed by atoms with E-state index in [-0.39, 0.29) is 5.56 Å². The Kier molecular flexibility index (Phi) is 4.02. The van der Waals surface area contributed by atoms with Gasteiger partial charge >= 0.3 is 0 Å². The minimum Gasteiger partial charge on any atom is -0.383 e. The maximum atomic E-state index is 11.2. The molecule has 0 radical (unpaired) electrons. The second-order valence-electron chi connectivity index (χ2n) is 5.51. The molecular weight excluding hydrogens is 252 g/mol. The third-order valence-electron chi connectivity index (χ3n) is 4.06. The Morgan fingerprint density at radius 2 is 2.10 bits per heavy atom. The van der Waals surface area contributed by atoms with Crippen molar-refractivity contribution in [1.82, 2.24) is 10.5 Å². The molecule has 1 aromatic heterocycles. The van der Waals surface area contributed by atoms with Crippen molar-refractivity contribution in [3.8, 4) is 0 Å². The summed E-state index contributed by atoms with van der Waals surface area (Å²) in [5.41, 5.74) is 1.24. The number of nitrogens with one attached hydrogen (secondary N) is 2. The minimum atomic E-state index is -0.139. The largest absolute Gasteiger partial charge is 0.383 e. The highest BCUT2D eigenvalue weighted by Gasteiger charge is 2.25. The van der Waals surface area contributed by atoms with Crippen molar-refractivity contribution < 1.29 is 4.52 Å². The van der Waals surface area contributed by atoms with Gasteiger partial charge in [0.2, 0.25) is 0 Å². The summed E-state index contributed by atoms with van der Waals surface area (Å²) >= 11 is 0. The van der Waals surface area contributed by atoms with Gasteiger partial charge in [-0.15, -0.1) is 0 Å². The van der Waals surface area contributed by atoms with Gasteiger partial charge in [0.1, 0.15) is 5.76 Å². The maximum absolute atomic E-state index is 11.2. The minimum absolute atomic E-state index is 0.139. The SMILES string of the molecule is O=c1cc([C@@H]2CCN[C@H](CCc3ccccc3)C2)o[nH]1. The fourth-order valence-corrected chi connectivity index (χ4v) is 2.97. The molecule has 0 saturated carbocycles. The van der Waals surface area contributed by atoms with Crippen LogP contribution in [-0.4, -0.2) is 17.7 Å². The molecule has 20 heavy (non-hydrogen) atoms. The molecule has 1 aliphatic heterocycles. The Labute approximate surface area is 118 Å². The summed E-state index contributed by atoms with van der Waals surface area (Å²) in [6.07, 6.45) is 4.27. The smallest absolute Gasteiger partial charge is 0.280 e. The van der Waals surface area contributed by atoms with E-state index in [1.54, 1.807) is 6.07 Å². The molecule has 2 heterocycles. The van der Waals surface area contributed by atoms with E-state index in [0.29, 0.717) is 12.0 Å². The third kappa shape index (κ3) is 3.20. The first kappa shape index (κ1) is 13.2. The number of aromatic nitrogens is 1. The number of H-pyrrole nitrogens is 1. The predicted octanol–water partition coefficient (Wildman–Crippen LogP) is 2.44. The van der Waals surface area contributed by atoms with Gasteiger partial charge in [0.05, 0.1) is 0 Å². The van der Waals surface area contributed by atoms with Crippen molar-refractivity contribution in [2.24, 2.45) is 0 Å². The van der Waals surface area contributed by atoms with Gasteiger partial charge < -0.3 is 9.84 Å². The van der Waals surface area contributed by atoms with Crippen LogP contribution in [0.15, 0.2) is 45.7 Å².